The summed E-state index contributed by atoms with van der Waals surface area (Å²) in [6, 6.07) is 0. The molecule has 2 heteroatoms. The lowest BCUT2D eigenvalue weighted by Crippen LogP contribution is -2.28. The highest BCUT2D eigenvalue weighted by Gasteiger charge is 2.18. The van der Waals surface area contributed by atoms with Crippen LogP contribution in [0.25, 0.3) is 0 Å². The number of hydrogen-bond acceptors (Lipinski definition) is 2. The molecule has 1 saturated carbocycles. The molecule has 0 atom stereocenters. The summed E-state index contributed by atoms with van der Waals surface area (Å²) in [5.41, 5.74) is 0. The number of rotatable bonds is 4. The quantitative estimate of drug-likeness (QED) is 0.629. The lowest BCUT2D eigenvalue weighted by atomic mass is 9.87. The molecule has 0 amide bonds. The Hall–Kier alpha value is -0.0800. The Morgan fingerprint density at radius 3 is 2.50 bits per heavy atom. The van der Waals surface area contributed by atoms with Crippen LogP contribution in [-0.4, -0.2) is 24.3 Å². The predicted molar refractivity (Wildman–Crippen MR) is 51.1 cm³/mol. The summed E-state index contributed by atoms with van der Waals surface area (Å²) in [7, 11) is 0. The zero-order chi connectivity index (χ0) is 8.81. The Labute approximate surface area is 75.4 Å². The van der Waals surface area contributed by atoms with E-state index >= 15 is 0 Å². The average molecular weight is 171 g/mol. The fourth-order valence-corrected chi connectivity index (χ4v) is 1.83. The van der Waals surface area contributed by atoms with Gasteiger partial charge in [0.1, 0.15) is 0 Å². The molecule has 72 valence electrons. The number of hydrogen-bond donors (Lipinski definition) is 2. The van der Waals surface area contributed by atoms with E-state index in [0.29, 0.717) is 0 Å². The Kier molecular flexibility index (Phi) is 4.62. The van der Waals surface area contributed by atoms with Crippen LogP contribution in [0.4, 0.5) is 0 Å². The third-order valence-electron chi connectivity index (χ3n) is 2.68. The van der Waals surface area contributed by atoms with E-state index in [9.17, 15) is 5.11 Å². The van der Waals surface area contributed by atoms with Crippen LogP contribution in [0.5, 0.6) is 0 Å². The van der Waals surface area contributed by atoms with E-state index in [1.54, 1.807) is 0 Å². The minimum Gasteiger partial charge on any atom is -0.393 e. The molecule has 0 heterocycles. The average Bonchev–Trinajstić information content (AvgIpc) is 2.09. The highest BCUT2D eigenvalue weighted by atomic mass is 16.3. The Balaban J connectivity index is 2.01. The van der Waals surface area contributed by atoms with E-state index in [0.717, 1.165) is 31.8 Å². The van der Waals surface area contributed by atoms with Gasteiger partial charge >= 0.3 is 0 Å². The van der Waals surface area contributed by atoms with Gasteiger partial charge in [0.05, 0.1) is 6.10 Å². The molecule has 0 unspecified atom stereocenters. The molecule has 0 radical (unpaired) electrons. The van der Waals surface area contributed by atoms with E-state index in [2.05, 4.69) is 12.2 Å². The molecule has 0 aromatic rings. The van der Waals surface area contributed by atoms with E-state index in [1.165, 1.54) is 19.3 Å². The summed E-state index contributed by atoms with van der Waals surface area (Å²) >= 11 is 0. The summed E-state index contributed by atoms with van der Waals surface area (Å²) in [4.78, 5) is 0. The van der Waals surface area contributed by atoms with E-state index in [4.69, 9.17) is 0 Å². The molecule has 2 N–H and O–H groups in total. The van der Waals surface area contributed by atoms with Crippen molar-refractivity contribution in [2.24, 2.45) is 5.92 Å². The Bertz CT molecular complexity index is 108. The van der Waals surface area contributed by atoms with Crippen LogP contribution in [0.2, 0.25) is 0 Å². The van der Waals surface area contributed by atoms with Crippen molar-refractivity contribution in [1.29, 1.82) is 0 Å². The molecule has 0 bridgehead atoms. The second kappa shape index (κ2) is 5.55. The van der Waals surface area contributed by atoms with Gasteiger partial charge in [-0.1, -0.05) is 6.92 Å². The van der Waals surface area contributed by atoms with Crippen molar-refractivity contribution in [3.05, 3.63) is 0 Å². The van der Waals surface area contributed by atoms with Gasteiger partial charge in [0.15, 0.2) is 0 Å². The normalized spacial score (nSPS) is 30.5. The van der Waals surface area contributed by atoms with Crippen molar-refractivity contribution >= 4 is 0 Å². The first kappa shape index (κ1) is 10.0. The van der Waals surface area contributed by atoms with Gasteiger partial charge in [0, 0.05) is 0 Å². The monoisotopic (exact) mass is 171 g/mol. The minimum absolute atomic E-state index is 0.00701. The molecule has 1 fully saturated rings. The molecule has 0 saturated heterocycles. The molecule has 0 aromatic carbocycles. The molecule has 1 aliphatic rings. The lowest BCUT2D eigenvalue weighted by Gasteiger charge is -2.25. The molecule has 1 aliphatic carbocycles. The van der Waals surface area contributed by atoms with E-state index < -0.39 is 0 Å². The fraction of sp³-hybridized carbons (Fsp3) is 1.00. The summed E-state index contributed by atoms with van der Waals surface area (Å²) in [6.45, 7) is 4.48. The van der Waals surface area contributed by atoms with Gasteiger partial charge in [-0.25, -0.2) is 0 Å². The number of aliphatic hydroxyl groups excluding tert-OH is 1. The van der Waals surface area contributed by atoms with Gasteiger partial charge in [-0.05, 0) is 51.1 Å². The summed E-state index contributed by atoms with van der Waals surface area (Å²) in [6.07, 6.45) is 5.65. The van der Waals surface area contributed by atoms with Crippen molar-refractivity contribution < 1.29 is 5.11 Å². The van der Waals surface area contributed by atoms with Gasteiger partial charge < -0.3 is 10.4 Å². The maximum Gasteiger partial charge on any atom is 0.0540 e. The Morgan fingerprint density at radius 1 is 1.25 bits per heavy atom. The van der Waals surface area contributed by atoms with Crippen molar-refractivity contribution in [2.45, 2.75) is 45.1 Å². The van der Waals surface area contributed by atoms with Crippen LogP contribution in [-0.2, 0) is 0 Å². The second-order valence-electron chi connectivity index (χ2n) is 3.88. The molecule has 0 aliphatic heterocycles. The Morgan fingerprint density at radius 2 is 1.92 bits per heavy atom. The number of nitrogens with one attached hydrogen (secondary N) is 1. The van der Waals surface area contributed by atoms with Gasteiger partial charge in [0.2, 0.25) is 0 Å². The number of aliphatic hydroxyl groups is 1. The van der Waals surface area contributed by atoms with Gasteiger partial charge in [-0.2, -0.15) is 0 Å². The second-order valence-corrected chi connectivity index (χ2v) is 3.88. The molecule has 1 rings (SSSR count). The van der Waals surface area contributed by atoms with E-state index in [1.807, 2.05) is 0 Å². The SMILES string of the molecule is CCCNCC1CCC(O)CC1. The molecule has 2 nitrogen and oxygen atoms in total. The van der Waals surface area contributed by atoms with Crippen LogP contribution < -0.4 is 5.32 Å². The molecule has 0 spiro atoms. The molecular formula is C10H21NO. The van der Waals surface area contributed by atoms with Gasteiger partial charge in [-0.15, -0.1) is 0 Å². The first-order valence-corrected chi connectivity index (χ1v) is 5.21. The first-order chi connectivity index (χ1) is 5.83. The van der Waals surface area contributed by atoms with E-state index in [-0.39, 0.29) is 6.10 Å². The zero-order valence-corrected chi connectivity index (χ0v) is 8.05. The third kappa shape index (κ3) is 3.55. The maximum atomic E-state index is 9.28. The van der Waals surface area contributed by atoms with Crippen LogP contribution in [0, 0.1) is 5.92 Å². The summed E-state index contributed by atoms with van der Waals surface area (Å²) in [5.74, 6) is 0.819. The largest absolute Gasteiger partial charge is 0.393 e. The van der Waals surface area contributed by atoms with Crippen LogP contribution in [0.3, 0.4) is 0 Å². The predicted octanol–water partition coefficient (Wildman–Crippen LogP) is 1.54. The minimum atomic E-state index is -0.00701. The van der Waals surface area contributed by atoms with Gasteiger partial charge in [-0.3, -0.25) is 0 Å². The highest BCUT2D eigenvalue weighted by molar-refractivity contribution is 4.72. The molecule has 12 heavy (non-hydrogen) atoms. The maximum absolute atomic E-state index is 9.28. The van der Waals surface area contributed by atoms with Crippen molar-refractivity contribution in [3.63, 3.8) is 0 Å². The fourth-order valence-electron chi connectivity index (χ4n) is 1.83. The van der Waals surface area contributed by atoms with Crippen LogP contribution in [0.15, 0.2) is 0 Å². The summed E-state index contributed by atoms with van der Waals surface area (Å²) in [5, 5.41) is 12.7. The first-order valence-electron chi connectivity index (χ1n) is 5.21. The lowest BCUT2D eigenvalue weighted by molar-refractivity contribution is 0.108. The van der Waals surface area contributed by atoms with Crippen molar-refractivity contribution in [1.82, 2.24) is 5.32 Å². The third-order valence-corrected chi connectivity index (χ3v) is 2.68. The molecular weight excluding hydrogens is 150 g/mol. The van der Waals surface area contributed by atoms with Gasteiger partial charge in [0.25, 0.3) is 0 Å². The van der Waals surface area contributed by atoms with Crippen LogP contribution >= 0.6 is 0 Å². The standard InChI is InChI=1S/C10H21NO/c1-2-7-11-8-9-3-5-10(12)6-4-9/h9-12H,2-8H2,1H3. The highest BCUT2D eigenvalue weighted by Crippen LogP contribution is 2.23. The smallest absolute Gasteiger partial charge is 0.0540 e. The zero-order valence-electron chi connectivity index (χ0n) is 8.05. The topological polar surface area (TPSA) is 32.3 Å². The molecule has 0 aromatic heterocycles. The van der Waals surface area contributed by atoms with Crippen molar-refractivity contribution in [3.8, 4) is 0 Å². The summed E-state index contributed by atoms with van der Waals surface area (Å²) < 4.78 is 0. The van der Waals surface area contributed by atoms with Crippen molar-refractivity contribution in [2.75, 3.05) is 13.1 Å². The van der Waals surface area contributed by atoms with Crippen LogP contribution in [0.1, 0.15) is 39.0 Å².